The average molecular weight is 241 g/mol. The molecule has 0 bridgehead atoms. The van der Waals surface area contributed by atoms with Crippen LogP contribution in [0.2, 0.25) is 0 Å². The Balaban J connectivity index is 1.65. The van der Waals surface area contributed by atoms with E-state index in [0.717, 1.165) is 30.1 Å². The highest BCUT2D eigenvalue weighted by atomic mass is 15.1. The number of hydrogen-bond donors (Lipinski definition) is 2. The molecule has 0 aliphatic rings. The molecule has 5 nitrogen and oxygen atoms in total. The van der Waals surface area contributed by atoms with Crippen molar-refractivity contribution in [3.05, 3.63) is 53.7 Å². The standard InChI is InChI=1S/C13H15N5/c1-10-11(7-15-17-10)6-14-8-12-9-18-5-3-2-4-13(18)16-12/h2-5,7,9,14H,6,8H2,1H3,(H,15,17). The molecule has 0 spiro atoms. The fraction of sp³-hybridized carbons (Fsp3) is 0.231. The Morgan fingerprint density at radius 3 is 3.06 bits per heavy atom. The number of aromatic nitrogens is 4. The molecule has 0 radical (unpaired) electrons. The van der Waals surface area contributed by atoms with Gasteiger partial charge in [-0.15, -0.1) is 0 Å². The molecule has 0 saturated heterocycles. The fourth-order valence-electron chi connectivity index (χ4n) is 1.95. The predicted octanol–water partition coefficient (Wildman–Crippen LogP) is 1.66. The second kappa shape index (κ2) is 4.62. The zero-order valence-electron chi connectivity index (χ0n) is 10.2. The van der Waals surface area contributed by atoms with E-state index >= 15 is 0 Å². The van der Waals surface area contributed by atoms with E-state index < -0.39 is 0 Å². The first-order valence-electron chi connectivity index (χ1n) is 5.95. The van der Waals surface area contributed by atoms with Gasteiger partial charge in [0.2, 0.25) is 0 Å². The topological polar surface area (TPSA) is 58.0 Å². The molecule has 5 heteroatoms. The maximum absolute atomic E-state index is 4.53. The molecule has 0 aromatic carbocycles. The number of fused-ring (bicyclic) bond motifs is 1. The molecule has 3 aromatic rings. The molecular weight excluding hydrogens is 226 g/mol. The summed E-state index contributed by atoms with van der Waals surface area (Å²) >= 11 is 0. The van der Waals surface area contributed by atoms with Gasteiger partial charge in [0.25, 0.3) is 0 Å². The molecule has 3 heterocycles. The number of aromatic amines is 1. The van der Waals surface area contributed by atoms with Crippen molar-refractivity contribution in [1.82, 2.24) is 24.9 Å². The fourth-order valence-corrected chi connectivity index (χ4v) is 1.95. The van der Waals surface area contributed by atoms with Crippen molar-refractivity contribution in [3.63, 3.8) is 0 Å². The number of nitrogens with zero attached hydrogens (tertiary/aromatic N) is 3. The summed E-state index contributed by atoms with van der Waals surface area (Å²) in [6, 6.07) is 6.00. The lowest BCUT2D eigenvalue weighted by Crippen LogP contribution is -2.13. The maximum Gasteiger partial charge on any atom is 0.137 e. The number of nitrogens with one attached hydrogen (secondary N) is 2. The lowest BCUT2D eigenvalue weighted by atomic mass is 10.2. The second-order valence-corrected chi connectivity index (χ2v) is 4.32. The van der Waals surface area contributed by atoms with E-state index in [1.807, 2.05) is 48.1 Å². The molecule has 0 aliphatic carbocycles. The van der Waals surface area contributed by atoms with Gasteiger partial charge in [-0.3, -0.25) is 5.10 Å². The Labute approximate surface area is 105 Å². The van der Waals surface area contributed by atoms with Crippen LogP contribution in [0.15, 0.2) is 36.8 Å². The van der Waals surface area contributed by atoms with Crippen LogP contribution >= 0.6 is 0 Å². The van der Waals surface area contributed by atoms with Crippen LogP contribution in [0, 0.1) is 6.92 Å². The number of rotatable bonds is 4. The van der Waals surface area contributed by atoms with Crippen molar-refractivity contribution >= 4 is 5.65 Å². The number of H-pyrrole nitrogens is 1. The Hall–Kier alpha value is -2.14. The van der Waals surface area contributed by atoms with Gasteiger partial charge in [-0.2, -0.15) is 5.10 Å². The van der Waals surface area contributed by atoms with Crippen molar-refractivity contribution in [1.29, 1.82) is 0 Å². The molecule has 0 aliphatic heterocycles. The van der Waals surface area contributed by atoms with Crippen molar-refractivity contribution in [2.45, 2.75) is 20.0 Å². The minimum absolute atomic E-state index is 0.756. The number of aryl methyl sites for hydroxylation is 1. The van der Waals surface area contributed by atoms with Crippen molar-refractivity contribution in [3.8, 4) is 0 Å². The third kappa shape index (κ3) is 2.12. The first-order chi connectivity index (χ1) is 8.83. The highest BCUT2D eigenvalue weighted by molar-refractivity contribution is 5.39. The van der Waals surface area contributed by atoms with Crippen LogP contribution in [0.3, 0.4) is 0 Å². The van der Waals surface area contributed by atoms with Gasteiger partial charge in [0.15, 0.2) is 0 Å². The van der Waals surface area contributed by atoms with Crippen LogP contribution in [0.25, 0.3) is 5.65 Å². The average Bonchev–Trinajstić information content (AvgIpc) is 2.96. The van der Waals surface area contributed by atoms with Gasteiger partial charge < -0.3 is 9.72 Å². The third-order valence-corrected chi connectivity index (χ3v) is 2.97. The first kappa shape index (κ1) is 11.0. The molecule has 0 unspecified atom stereocenters. The van der Waals surface area contributed by atoms with E-state index in [0.29, 0.717) is 0 Å². The normalized spacial score (nSPS) is 11.2. The van der Waals surface area contributed by atoms with E-state index in [-0.39, 0.29) is 0 Å². The summed E-state index contributed by atoms with van der Waals surface area (Å²) in [6.07, 6.45) is 5.91. The molecule has 92 valence electrons. The zero-order chi connectivity index (χ0) is 12.4. The molecule has 2 N–H and O–H groups in total. The SMILES string of the molecule is Cc1[nH]ncc1CNCc1cn2ccccc2n1. The summed E-state index contributed by atoms with van der Waals surface area (Å²) in [5.74, 6) is 0. The van der Waals surface area contributed by atoms with Gasteiger partial charge in [-0.05, 0) is 19.1 Å². The van der Waals surface area contributed by atoms with Gasteiger partial charge in [-0.25, -0.2) is 4.98 Å². The maximum atomic E-state index is 4.53. The van der Waals surface area contributed by atoms with E-state index in [4.69, 9.17) is 0 Å². The minimum Gasteiger partial charge on any atom is -0.307 e. The highest BCUT2D eigenvalue weighted by Gasteiger charge is 2.02. The summed E-state index contributed by atoms with van der Waals surface area (Å²) in [6.45, 7) is 3.58. The number of imidazole rings is 1. The molecule has 0 saturated carbocycles. The van der Waals surface area contributed by atoms with Crippen LogP contribution in [-0.4, -0.2) is 19.6 Å². The van der Waals surface area contributed by atoms with Crippen molar-refractivity contribution < 1.29 is 0 Å². The Bertz CT molecular complexity index is 619. The van der Waals surface area contributed by atoms with Crippen molar-refractivity contribution in [2.24, 2.45) is 0 Å². The minimum atomic E-state index is 0.756. The molecule has 3 rings (SSSR count). The van der Waals surface area contributed by atoms with Crippen LogP contribution in [0.5, 0.6) is 0 Å². The third-order valence-electron chi connectivity index (χ3n) is 2.97. The Morgan fingerprint density at radius 2 is 2.28 bits per heavy atom. The quantitative estimate of drug-likeness (QED) is 0.730. The van der Waals surface area contributed by atoms with Crippen LogP contribution in [-0.2, 0) is 13.1 Å². The lowest BCUT2D eigenvalue weighted by Gasteiger charge is -2.00. The smallest absolute Gasteiger partial charge is 0.137 e. The summed E-state index contributed by atoms with van der Waals surface area (Å²) in [7, 11) is 0. The van der Waals surface area contributed by atoms with Gasteiger partial charge in [0.05, 0.1) is 11.9 Å². The van der Waals surface area contributed by atoms with E-state index in [1.54, 1.807) is 0 Å². The van der Waals surface area contributed by atoms with Gasteiger partial charge in [-0.1, -0.05) is 6.07 Å². The lowest BCUT2D eigenvalue weighted by molar-refractivity contribution is 0.680. The summed E-state index contributed by atoms with van der Waals surface area (Å²) in [5.41, 5.74) is 4.33. The molecule has 18 heavy (non-hydrogen) atoms. The second-order valence-electron chi connectivity index (χ2n) is 4.32. The Morgan fingerprint density at radius 1 is 1.33 bits per heavy atom. The number of pyridine rings is 1. The predicted molar refractivity (Wildman–Crippen MR) is 69.1 cm³/mol. The van der Waals surface area contributed by atoms with E-state index in [1.165, 1.54) is 5.56 Å². The van der Waals surface area contributed by atoms with E-state index in [9.17, 15) is 0 Å². The summed E-state index contributed by atoms with van der Waals surface area (Å²) in [5, 5.41) is 10.3. The van der Waals surface area contributed by atoms with Crippen LogP contribution in [0.1, 0.15) is 17.0 Å². The zero-order valence-corrected chi connectivity index (χ0v) is 10.2. The molecule has 3 aromatic heterocycles. The molecule has 0 fully saturated rings. The molecule has 0 atom stereocenters. The summed E-state index contributed by atoms with van der Waals surface area (Å²) in [4.78, 5) is 4.53. The van der Waals surface area contributed by atoms with Gasteiger partial charge in [0.1, 0.15) is 5.65 Å². The largest absolute Gasteiger partial charge is 0.307 e. The monoisotopic (exact) mass is 241 g/mol. The van der Waals surface area contributed by atoms with Crippen LogP contribution < -0.4 is 5.32 Å². The first-order valence-corrected chi connectivity index (χ1v) is 5.95. The van der Waals surface area contributed by atoms with Crippen LogP contribution in [0.4, 0.5) is 0 Å². The van der Waals surface area contributed by atoms with Gasteiger partial charge in [0, 0.05) is 36.7 Å². The number of hydrogen-bond acceptors (Lipinski definition) is 3. The molecular formula is C13H15N5. The Kier molecular flexibility index (Phi) is 2.82. The van der Waals surface area contributed by atoms with Crippen molar-refractivity contribution in [2.75, 3.05) is 0 Å². The highest BCUT2D eigenvalue weighted by Crippen LogP contribution is 2.05. The van der Waals surface area contributed by atoms with E-state index in [2.05, 4.69) is 20.5 Å². The summed E-state index contributed by atoms with van der Waals surface area (Å²) < 4.78 is 2.03. The molecule has 0 amide bonds. The van der Waals surface area contributed by atoms with Gasteiger partial charge >= 0.3 is 0 Å².